The van der Waals surface area contributed by atoms with Crippen molar-refractivity contribution in [3.63, 3.8) is 0 Å². The molecular weight excluding hydrogens is 278 g/mol. The average molecular weight is 286 g/mol. The van der Waals surface area contributed by atoms with E-state index in [1.807, 2.05) is 0 Å². The number of amides is 2. The van der Waals surface area contributed by atoms with Crippen LogP contribution in [0.2, 0.25) is 5.02 Å². The maximum absolute atomic E-state index is 11.7. The van der Waals surface area contributed by atoms with Gasteiger partial charge in [0.15, 0.2) is 0 Å². The van der Waals surface area contributed by atoms with Gasteiger partial charge in [0.05, 0.1) is 22.8 Å². The first kappa shape index (κ1) is 12.9. The molecule has 18 heavy (non-hydrogen) atoms. The summed E-state index contributed by atoms with van der Waals surface area (Å²) < 4.78 is 0. The van der Waals surface area contributed by atoms with E-state index < -0.39 is 17.8 Å². The number of nitrogens with zero attached hydrogens (tertiary/aromatic N) is 1. The largest absolute Gasteiger partial charge is 0.478 e. The number of imide groups is 1. The highest BCUT2D eigenvalue weighted by atomic mass is 35.5. The normalized spacial score (nSPS) is 15.9. The number of anilines is 1. The monoisotopic (exact) mass is 285 g/mol. The molecule has 1 fully saturated rings. The van der Waals surface area contributed by atoms with Crippen molar-refractivity contribution in [2.45, 2.75) is 0 Å². The number of carboxylic acid groups (broad SMARTS) is 1. The van der Waals surface area contributed by atoms with Gasteiger partial charge in [0.1, 0.15) is 0 Å². The van der Waals surface area contributed by atoms with Gasteiger partial charge >= 0.3 is 5.97 Å². The van der Waals surface area contributed by atoms with Crippen molar-refractivity contribution in [1.82, 2.24) is 0 Å². The molecule has 0 radical (unpaired) electrons. The van der Waals surface area contributed by atoms with Gasteiger partial charge in [-0.3, -0.25) is 9.59 Å². The summed E-state index contributed by atoms with van der Waals surface area (Å²) in [6.45, 7) is 0. The highest BCUT2D eigenvalue weighted by Crippen LogP contribution is 2.27. The van der Waals surface area contributed by atoms with E-state index in [0.717, 1.165) is 4.90 Å². The van der Waals surface area contributed by atoms with E-state index >= 15 is 0 Å². The lowest BCUT2D eigenvalue weighted by Crippen LogP contribution is -2.43. The van der Waals surface area contributed by atoms with Crippen molar-refractivity contribution >= 4 is 46.8 Å². The fraction of sp³-hybridized carbons (Fsp3) is 0.182. The Labute approximate surface area is 112 Å². The second kappa shape index (κ2) is 4.99. The molecule has 5 nitrogen and oxygen atoms in total. The maximum Gasteiger partial charge on any atom is 0.337 e. The number of benzene rings is 1. The number of thioether (sulfide) groups is 1. The predicted molar refractivity (Wildman–Crippen MR) is 68.2 cm³/mol. The fourth-order valence-corrected chi connectivity index (χ4v) is 2.52. The lowest BCUT2D eigenvalue weighted by Gasteiger charge is -2.25. The molecule has 0 aliphatic carbocycles. The first-order valence-corrected chi connectivity index (χ1v) is 6.50. The van der Waals surface area contributed by atoms with Crippen LogP contribution in [0.5, 0.6) is 0 Å². The van der Waals surface area contributed by atoms with Crippen LogP contribution in [-0.4, -0.2) is 34.4 Å². The van der Waals surface area contributed by atoms with Gasteiger partial charge in [0.2, 0.25) is 11.8 Å². The molecule has 1 aromatic rings. The van der Waals surface area contributed by atoms with E-state index in [0.29, 0.717) is 0 Å². The van der Waals surface area contributed by atoms with E-state index in [-0.39, 0.29) is 27.8 Å². The number of aromatic carboxylic acids is 1. The summed E-state index contributed by atoms with van der Waals surface area (Å²) in [7, 11) is 0. The second-order valence-electron chi connectivity index (χ2n) is 3.58. The molecule has 94 valence electrons. The van der Waals surface area contributed by atoms with Crippen LogP contribution >= 0.6 is 23.4 Å². The highest BCUT2D eigenvalue weighted by Gasteiger charge is 2.30. The number of carbonyl (C=O) groups is 3. The SMILES string of the molecule is O=C(O)c1cc(Cl)ccc1N1C(=O)CSCC1=O. The van der Waals surface area contributed by atoms with Crippen LogP contribution in [0.4, 0.5) is 5.69 Å². The fourth-order valence-electron chi connectivity index (χ4n) is 1.64. The summed E-state index contributed by atoms with van der Waals surface area (Å²) in [6, 6.07) is 4.05. The molecule has 0 bridgehead atoms. The van der Waals surface area contributed by atoms with Gasteiger partial charge in [-0.1, -0.05) is 11.6 Å². The number of halogens is 1. The Morgan fingerprint density at radius 2 is 1.89 bits per heavy atom. The minimum absolute atomic E-state index is 0.0715. The zero-order valence-corrected chi connectivity index (χ0v) is 10.6. The molecule has 0 aromatic heterocycles. The second-order valence-corrected chi connectivity index (χ2v) is 5.00. The smallest absolute Gasteiger partial charge is 0.337 e. The molecule has 1 aliphatic rings. The molecule has 1 aliphatic heterocycles. The molecule has 1 N–H and O–H groups in total. The third kappa shape index (κ3) is 2.34. The summed E-state index contributed by atoms with van der Waals surface area (Å²) in [5, 5.41) is 9.32. The van der Waals surface area contributed by atoms with Gasteiger partial charge in [0, 0.05) is 5.02 Å². The lowest BCUT2D eigenvalue weighted by molar-refractivity contribution is -0.124. The van der Waals surface area contributed by atoms with Crippen molar-refractivity contribution < 1.29 is 19.5 Å². The maximum atomic E-state index is 11.7. The van der Waals surface area contributed by atoms with Crippen molar-refractivity contribution in [3.05, 3.63) is 28.8 Å². The van der Waals surface area contributed by atoms with Crippen molar-refractivity contribution in [2.24, 2.45) is 0 Å². The molecule has 0 atom stereocenters. The highest BCUT2D eigenvalue weighted by molar-refractivity contribution is 8.00. The third-order valence-corrected chi connectivity index (χ3v) is 3.52. The van der Waals surface area contributed by atoms with E-state index in [1.165, 1.54) is 30.0 Å². The lowest BCUT2D eigenvalue weighted by atomic mass is 10.1. The predicted octanol–water partition coefficient (Wildman–Crippen LogP) is 1.64. The Kier molecular flexibility index (Phi) is 3.58. The summed E-state index contributed by atoms with van der Waals surface area (Å²) >= 11 is 6.93. The van der Waals surface area contributed by atoms with E-state index in [2.05, 4.69) is 0 Å². The average Bonchev–Trinajstić information content (AvgIpc) is 2.30. The van der Waals surface area contributed by atoms with Crippen LogP contribution in [-0.2, 0) is 9.59 Å². The number of carboxylic acids is 1. The zero-order chi connectivity index (χ0) is 13.3. The third-order valence-electron chi connectivity index (χ3n) is 2.38. The minimum atomic E-state index is -1.23. The molecule has 0 spiro atoms. The van der Waals surface area contributed by atoms with Crippen molar-refractivity contribution in [2.75, 3.05) is 16.4 Å². The van der Waals surface area contributed by atoms with E-state index in [1.54, 1.807) is 0 Å². The first-order chi connectivity index (χ1) is 8.50. The number of carbonyl (C=O) groups excluding carboxylic acids is 2. The summed E-state index contributed by atoms with van der Waals surface area (Å²) in [6.07, 6.45) is 0. The van der Waals surface area contributed by atoms with Crippen LogP contribution in [0.25, 0.3) is 0 Å². The van der Waals surface area contributed by atoms with E-state index in [4.69, 9.17) is 16.7 Å². The molecule has 7 heteroatoms. The zero-order valence-electron chi connectivity index (χ0n) is 9.05. The van der Waals surface area contributed by atoms with Gasteiger partial charge in [-0.15, -0.1) is 11.8 Å². The number of hydrogen-bond acceptors (Lipinski definition) is 4. The Morgan fingerprint density at radius 3 is 2.44 bits per heavy atom. The molecule has 0 unspecified atom stereocenters. The standard InChI is InChI=1S/C11H8ClNO4S/c12-6-1-2-8(7(3-6)11(16)17)13-9(14)4-18-5-10(13)15/h1-3H,4-5H2,(H,16,17). The van der Waals surface area contributed by atoms with Crippen LogP contribution in [0.3, 0.4) is 0 Å². The van der Waals surface area contributed by atoms with Crippen LogP contribution in [0.15, 0.2) is 18.2 Å². The van der Waals surface area contributed by atoms with Crippen molar-refractivity contribution in [1.29, 1.82) is 0 Å². The van der Waals surface area contributed by atoms with Gasteiger partial charge in [0.25, 0.3) is 0 Å². The summed E-state index contributed by atoms with van der Waals surface area (Å²) in [5.41, 5.74) is -0.0849. The topological polar surface area (TPSA) is 74.7 Å². The molecule has 1 aromatic carbocycles. The Hall–Kier alpha value is -1.53. The molecule has 2 rings (SSSR count). The Morgan fingerprint density at radius 1 is 1.28 bits per heavy atom. The minimum Gasteiger partial charge on any atom is -0.478 e. The summed E-state index contributed by atoms with van der Waals surface area (Å²) in [4.78, 5) is 35.5. The van der Waals surface area contributed by atoms with Gasteiger partial charge in [-0.2, -0.15) is 0 Å². The van der Waals surface area contributed by atoms with Crippen molar-refractivity contribution in [3.8, 4) is 0 Å². The van der Waals surface area contributed by atoms with Gasteiger partial charge < -0.3 is 5.11 Å². The number of hydrogen-bond donors (Lipinski definition) is 1. The quantitative estimate of drug-likeness (QED) is 0.836. The van der Waals surface area contributed by atoms with E-state index in [9.17, 15) is 14.4 Å². The molecular formula is C11H8ClNO4S. The van der Waals surface area contributed by atoms with Crippen LogP contribution < -0.4 is 4.90 Å². The molecule has 0 saturated carbocycles. The summed E-state index contributed by atoms with van der Waals surface area (Å²) in [5.74, 6) is -1.74. The first-order valence-electron chi connectivity index (χ1n) is 4.97. The van der Waals surface area contributed by atoms with Gasteiger partial charge in [-0.25, -0.2) is 9.69 Å². The van der Waals surface area contributed by atoms with Crippen LogP contribution in [0.1, 0.15) is 10.4 Å². The van der Waals surface area contributed by atoms with Gasteiger partial charge in [-0.05, 0) is 18.2 Å². The molecule has 1 saturated heterocycles. The Bertz CT molecular complexity index is 530. The molecule has 1 heterocycles. The Balaban J connectivity index is 2.52. The number of rotatable bonds is 2. The van der Waals surface area contributed by atoms with Crippen LogP contribution in [0, 0.1) is 0 Å². The molecule has 2 amide bonds.